The van der Waals surface area contributed by atoms with Gasteiger partial charge in [-0.1, -0.05) is 0 Å². The molecule has 0 fully saturated rings. The fraction of sp³-hybridized carbons (Fsp3) is 0.308. The Kier molecular flexibility index (Phi) is 4.01. The van der Waals surface area contributed by atoms with Crippen molar-refractivity contribution in [2.24, 2.45) is 0 Å². The lowest BCUT2D eigenvalue weighted by Gasteiger charge is -2.25. The first-order valence-corrected chi connectivity index (χ1v) is 6.49. The number of aliphatic hydroxyl groups excluding tert-OH is 1. The number of aliphatic hydroxyl groups is 1. The number of hydrogen-bond acceptors (Lipinski definition) is 4. The zero-order chi connectivity index (χ0) is 14.8. The SMILES string of the molecule is CC(C)(CO)NC(=S)Nc1ccc2nc[nH]c(=O)c2c1. The van der Waals surface area contributed by atoms with E-state index in [1.54, 1.807) is 18.2 Å². The number of nitrogens with zero attached hydrogens (tertiary/aromatic N) is 1. The van der Waals surface area contributed by atoms with Gasteiger partial charge in [-0.2, -0.15) is 0 Å². The largest absolute Gasteiger partial charge is 0.394 e. The van der Waals surface area contributed by atoms with Crippen molar-refractivity contribution >= 4 is 33.9 Å². The van der Waals surface area contributed by atoms with Crippen molar-refractivity contribution in [2.45, 2.75) is 19.4 Å². The van der Waals surface area contributed by atoms with E-state index in [0.717, 1.165) is 0 Å². The second-order valence-corrected chi connectivity index (χ2v) is 5.49. The summed E-state index contributed by atoms with van der Waals surface area (Å²) in [6, 6.07) is 5.21. The van der Waals surface area contributed by atoms with Crippen molar-refractivity contribution in [1.82, 2.24) is 15.3 Å². The number of hydrogen-bond donors (Lipinski definition) is 4. The van der Waals surface area contributed by atoms with Crippen LogP contribution in [0.1, 0.15) is 13.8 Å². The van der Waals surface area contributed by atoms with Gasteiger partial charge in [0.25, 0.3) is 5.56 Å². The molecule has 2 aromatic rings. The van der Waals surface area contributed by atoms with Crippen LogP contribution in [0.3, 0.4) is 0 Å². The van der Waals surface area contributed by atoms with E-state index in [4.69, 9.17) is 12.2 Å². The average Bonchev–Trinajstić information content (AvgIpc) is 2.39. The normalized spacial score (nSPS) is 11.3. The second-order valence-electron chi connectivity index (χ2n) is 5.08. The van der Waals surface area contributed by atoms with Crippen LogP contribution in [-0.2, 0) is 0 Å². The third-order valence-electron chi connectivity index (χ3n) is 2.75. The van der Waals surface area contributed by atoms with Crippen molar-refractivity contribution in [3.8, 4) is 0 Å². The molecule has 4 N–H and O–H groups in total. The van der Waals surface area contributed by atoms with Gasteiger partial charge in [0, 0.05) is 5.69 Å². The number of fused-ring (bicyclic) bond motifs is 1. The van der Waals surface area contributed by atoms with E-state index >= 15 is 0 Å². The maximum absolute atomic E-state index is 11.7. The molecular formula is C13H16N4O2S. The molecule has 20 heavy (non-hydrogen) atoms. The molecule has 0 unspecified atom stereocenters. The maximum Gasteiger partial charge on any atom is 0.258 e. The van der Waals surface area contributed by atoms with E-state index in [2.05, 4.69) is 20.6 Å². The van der Waals surface area contributed by atoms with Crippen LogP contribution in [0.15, 0.2) is 29.3 Å². The lowest BCUT2D eigenvalue weighted by molar-refractivity contribution is 0.207. The Morgan fingerprint density at radius 2 is 2.25 bits per heavy atom. The Bertz CT molecular complexity index is 696. The van der Waals surface area contributed by atoms with E-state index in [1.165, 1.54) is 6.33 Å². The minimum absolute atomic E-state index is 0.0455. The molecule has 106 valence electrons. The van der Waals surface area contributed by atoms with Gasteiger partial charge < -0.3 is 20.7 Å². The number of thiocarbonyl (C=S) groups is 1. The Labute approximate surface area is 121 Å². The molecule has 0 saturated heterocycles. The van der Waals surface area contributed by atoms with Crippen molar-refractivity contribution in [3.63, 3.8) is 0 Å². The number of anilines is 1. The number of aromatic amines is 1. The van der Waals surface area contributed by atoms with Crippen molar-refractivity contribution in [3.05, 3.63) is 34.9 Å². The third kappa shape index (κ3) is 3.31. The minimum Gasteiger partial charge on any atom is -0.394 e. The molecule has 0 amide bonds. The standard InChI is InChI=1S/C13H16N4O2S/c1-13(2,6-18)17-12(20)16-8-3-4-10-9(5-8)11(19)15-7-14-10/h3-5,7,18H,6H2,1-2H3,(H,14,15,19)(H2,16,17,20). The Hall–Kier alpha value is -1.99. The predicted molar refractivity (Wildman–Crippen MR) is 82.9 cm³/mol. The van der Waals surface area contributed by atoms with Gasteiger partial charge in [0.1, 0.15) is 0 Å². The molecule has 1 heterocycles. The zero-order valence-electron chi connectivity index (χ0n) is 11.2. The van der Waals surface area contributed by atoms with E-state index in [9.17, 15) is 9.90 Å². The highest BCUT2D eigenvalue weighted by Crippen LogP contribution is 2.14. The number of nitrogens with one attached hydrogen (secondary N) is 3. The lowest BCUT2D eigenvalue weighted by Crippen LogP contribution is -2.47. The topological polar surface area (TPSA) is 90.0 Å². The lowest BCUT2D eigenvalue weighted by atomic mass is 10.1. The summed E-state index contributed by atoms with van der Waals surface area (Å²) in [7, 11) is 0. The molecule has 0 aliphatic heterocycles. The molecule has 2 rings (SSSR count). The van der Waals surface area contributed by atoms with Crippen LogP contribution in [0.4, 0.5) is 5.69 Å². The monoisotopic (exact) mass is 292 g/mol. The van der Waals surface area contributed by atoms with Gasteiger partial charge in [0.05, 0.1) is 29.4 Å². The van der Waals surface area contributed by atoms with E-state index < -0.39 is 5.54 Å². The summed E-state index contributed by atoms with van der Waals surface area (Å²) < 4.78 is 0. The maximum atomic E-state index is 11.7. The van der Waals surface area contributed by atoms with Crippen molar-refractivity contribution in [1.29, 1.82) is 0 Å². The van der Waals surface area contributed by atoms with Gasteiger partial charge in [-0.25, -0.2) is 4.98 Å². The zero-order valence-corrected chi connectivity index (χ0v) is 12.0. The van der Waals surface area contributed by atoms with Gasteiger partial charge in [0.2, 0.25) is 0 Å². The molecule has 1 aromatic carbocycles. The first-order valence-electron chi connectivity index (χ1n) is 6.09. The first kappa shape index (κ1) is 14.4. The van der Waals surface area contributed by atoms with Gasteiger partial charge in [-0.15, -0.1) is 0 Å². The van der Waals surface area contributed by atoms with Crippen LogP contribution in [0.25, 0.3) is 10.9 Å². The highest BCUT2D eigenvalue weighted by atomic mass is 32.1. The molecule has 0 bridgehead atoms. The number of benzene rings is 1. The second kappa shape index (κ2) is 5.56. The molecule has 0 atom stereocenters. The number of rotatable bonds is 3. The van der Waals surface area contributed by atoms with Crippen LogP contribution in [0.5, 0.6) is 0 Å². The van der Waals surface area contributed by atoms with Crippen LogP contribution in [-0.4, -0.2) is 32.3 Å². The van der Waals surface area contributed by atoms with Crippen LogP contribution in [0, 0.1) is 0 Å². The predicted octanol–water partition coefficient (Wildman–Crippen LogP) is 0.980. The summed E-state index contributed by atoms with van der Waals surface area (Å²) in [6.45, 7) is 3.61. The van der Waals surface area contributed by atoms with E-state index in [1.807, 2.05) is 13.8 Å². The first-order chi connectivity index (χ1) is 9.41. The molecule has 0 saturated carbocycles. The minimum atomic E-state index is -0.514. The Morgan fingerprint density at radius 3 is 2.95 bits per heavy atom. The molecule has 0 aliphatic rings. The fourth-order valence-electron chi connectivity index (χ4n) is 1.66. The fourth-order valence-corrected chi connectivity index (χ4v) is 2.05. The smallest absolute Gasteiger partial charge is 0.258 e. The van der Waals surface area contributed by atoms with Crippen molar-refractivity contribution in [2.75, 3.05) is 11.9 Å². The van der Waals surface area contributed by atoms with Gasteiger partial charge >= 0.3 is 0 Å². The van der Waals surface area contributed by atoms with Gasteiger partial charge in [-0.3, -0.25) is 4.79 Å². The summed E-state index contributed by atoms with van der Waals surface area (Å²) in [5, 5.41) is 16.0. The molecule has 6 nitrogen and oxygen atoms in total. The summed E-state index contributed by atoms with van der Waals surface area (Å²) in [6.07, 6.45) is 1.37. The molecule has 0 spiro atoms. The molecule has 1 aromatic heterocycles. The van der Waals surface area contributed by atoms with Crippen LogP contribution < -0.4 is 16.2 Å². The Morgan fingerprint density at radius 1 is 1.50 bits per heavy atom. The van der Waals surface area contributed by atoms with Crippen molar-refractivity contribution < 1.29 is 5.11 Å². The average molecular weight is 292 g/mol. The third-order valence-corrected chi connectivity index (χ3v) is 2.95. The summed E-state index contributed by atoms with van der Waals surface area (Å²) >= 11 is 5.17. The highest BCUT2D eigenvalue weighted by Gasteiger charge is 2.17. The molecule has 0 aliphatic carbocycles. The quantitative estimate of drug-likeness (QED) is 0.631. The van der Waals surface area contributed by atoms with Gasteiger partial charge in [0.15, 0.2) is 5.11 Å². The molecule has 7 heteroatoms. The Balaban J connectivity index is 2.20. The summed E-state index contributed by atoms with van der Waals surface area (Å²) in [5.41, 5.74) is 0.587. The molecule has 0 radical (unpaired) electrons. The van der Waals surface area contributed by atoms with E-state index in [0.29, 0.717) is 21.7 Å². The van der Waals surface area contributed by atoms with E-state index in [-0.39, 0.29) is 12.2 Å². The number of H-pyrrole nitrogens is 1. The molecular weight excluding hydrogens is 276 g/mol. The summed E-state index contributed by atoms with van der Waals surface area (Å²) in [5.74, 6) is 0. The summed E-state index contributed by atoms with van der Waals surface area (Å²) in [4.78, 5) is 18.3. The van der Waals surface area contributed by atoms with Crippen LogP contribution in [0.2, 0.25) is 0 Å². The number of aromatic nitrogens is 2. The highest BCUT2D eigenvalue weighted by molar-refractivity contribution is 7.80. The van der Waals surface area contributed by atoms with Gasteiger partial charge in [-0.05, 0) is 44.3 Å². The van der Waals surface area contributed by atoms with Crippen LogP contribution >= 0.6 is 12.2 Å².